The molecule has 0 radical (unpaired) electrons. The number of ether oxygens (including phenoxy) is 1. The van der Waals surface area contributed by atoms with Crippen molar-refractivity contribution >= 4 is 50.1 Å². The van der Waals surface area contributed by atoms with E-state index in [0.29, 0.717) is 12.2 Å². The monoisotopic (exact) mass is 453 g/mol. The summed E-state index contributed by atoms with van der Waals surface area (Å²) in [5, 5.41) is 3.97. The van der Waals surface area contributed by atoms with Crippen LogP contribution >= 0.6 is 15.9 Å². The lowest BCUT2D eigenvalue weighted by Crippen LogP contribution is -2.27. The number of nitrogens with one attached hydrogen (secondary N) is 2. The molecule has 0 atom stereocenters. The zero-order chi connectivity index (χ0) is 20.4. The number of halogens is 1. The van der Waals surface area contributed by atoms with Gasteiger partial charge < -0.3 is 19.9 Å². The highest BCUT2D eigenvalue weighted by Crippen LogP contribution is 2.35. The number of rotatable bonds is 7. The lowest BCUT2D eigenvalue weighted by Gasteiger charge is -2.17. The largest absolute Gasteiger partial charge is 0.492 e. The molecule has 0 saturated heterocycles. The topological polar surface area (TPSA) is 57.4 Å². The predicted octanol–water partition coefficient (Wildman–Crippen LogP) is 5.14. The molecule has 1 aliphatic rings. The first-order valence-electron chi connectivity index (χ1n) is 9.88. The summed E-state index contributed by atoms with van der Waals surface area (Å²) in [6.07, 6.45) is 1.90. The molecule has 2 heterocycles. The van der Waals surface area contributed by atoms with Gasteiger partial charge in [-0.25, -0.2) is 0 Å². The normalized spacial score (nSPS) is 14.6. The molecule has 0 spiro atoms. The number of nitrogens with zero attached hydrogens (tertiary/aromatic N) is 1. The third-order valence-electron chi connectivity index (χ3n) is 5.25. The summed E-state index contributed by atoms with van der Waals surface area (Å²) in [6, 6.07) is 13.9. The number of anilines is 1. The molecular formula is C23H24BrN3O2. The average Bonchev–Trinajstić information content (AvgIpc) is 3.25. The van der Waals surface area contributed by atoms with Gasteiger partial charge in [0.25, 0.3) is 5.91 Å². The molecule has 1 aliphatic heterocycles. The molecule has 3 aromatic rings. The van der Waals surface area contributed by atoms with Crippen LogP contribution in [0.25, 0.3) is 22.6 Å². The molecule has 6 heteroatoms. The van der Waals surface area contributed by atoms with Gasteiger partial charge in [0.2, 0.25) is 0 Å². The fourth-order valence-electron chi connectivity index (χ4n) is 3.59. The van der Waals surface area contributed by atoms with Gasteiger partial charge in [-0.3, -0.25) is 4.79 Å². The van der Waals surface area contributed by atoms with Crippen molar-refractivity contribution in [1.29, 1.82) is 0 Å². The molecule has 0 bridgehead atoms. The highest BCUT2D eigenvalue weighted by Gasteiger charge is 2.24. The Morgan fingerprint density at radius 1 is 1.10 bits per heavy atom. The van der Waals surface area contributed by atoms with Crippen LogP contribution in [0, 0.1) is 0 Å². The second kappa shape index (κ2) is 8.43. The Balaban J connectivity index is 1.55. The number of amides is 1. The fraction of sp³-hybridized carbons (Fsp3) is 0.261. The van der Waals surface area contributed by atoms with Gasteiger partial charge in [-0.1, -0.05) is 29.8 Å². The molecule has 0 unspecified atom stereocenters. The first-order chi connectivity index (χ1) is 14.1. The maximum absolute atomic E-state index is 12.4. The molecular weight excluding hydrogens is 430 g/mol. The van der Waals surface area contributed by atoms with E-state index in [1.54, 1.807) is 0 Å². The Kier molecular flexibility index (Phi) is 5.74. The van der Waals surface area contributed by atoms with Crippen molar-refractivity contribution in [3.05, 3.63) is 58.2 Å². The SMILES string of the molecule is CCN(CC)CCOc1ccc2[nH]c(C=C3C(=O)Nc4ccc(Br)cc43)cc2c1. The first-order valence-corrected chi connectivity index (χ1v) is 10.7. The van der Waals surface area contributed by atoms with Crippen molar-refractivity contribution in [2.45, 2.75) is 13.8 Å². The van der Waals surface area contributed by atoms with E-state index in [2.05, 4.69) is 45.0 Å². The standard InChI is InChI=1S/C23H24BrN3O2/c1-3-27(4-2)9-10-29-18-6-8-21-15(12-18)11-17(25-21)14-20-19-13-16(24)5-7-22(19)26-23(20)28/h5-8,11-14,25H,3-4,9-10H2,1-2H3,(H,26,28). The van der Waals surface area contributed by atoms with Crippen LogP contribution in [-0.4, -0.2) is 42.0 Å². The quantitative estimate of drug-likeness (QED) is 0.486. The zero-order valence-electron chi connectivity index (χ0n) is 16.6. The first kappa shape index (κ1) is 19.7. The molecule has 0 saturated carbocycles. The van der Waals surface area contributed by atoms with Gasteiger partial charge in [-0.15, -0.1) is 0 Å². The third kappa shape index (κ3) is 4.23. The van der Waals surface area contributed by atoms with Gasteiger partial charge in [0.05, 0.1) is 5.57 Å². The molecule has 1 aromatic heterocycles. The lowest BCUT2D eigenvalue weighted by molar-refractivity contribution is -0.110. The van der Waals surface area contributed by atoms with Crippen LogP contribution in [0.5, 0.6) is 5.75 Å². The summed E-state index contributed by atoms with van der Waals surface area (Å²) in [4.78, 5) is 18.1. The van der Waals surface area contributed by atoms with E-state index in [4.69, 9.17) is 4.74 Å². The Bertz CT molecular complexity index is 1080. The van der Waals surface area contributed by atoms with Crippen LogP contribution in [0.4, 0.5) is 5.69 Å². The fourth-order valence-corrected chi connectivity index (χ4v) is 3.95. The van der Waals surface area contributed by atoms with Crippen LogP contribution in [-0.2, 0) is 4.79 Å². The van der Waals surface area contributed by atoms with E-state index in [1.807, 2.05) is 48.5 Å². The van der Waals surface area contributed by atoms with Gasteiger partial charge in [0, 0.05) is 38.9 Å². The van der Waals surface area contributed by atoms with Gasteiger partial charge in [0.15, 0.2) is 0 Å². The number of aromatic nitrogens is 1. The van der Waals surface area contributed by atoms with E-state index in [0.717, 1.165) is 57.7 Å². The second-order valence-electron chi connectivity index (χ2n) is 7.05. The van der Waals surface area contributed by atoms with Crippen LogP contribution in [0.3, 0.4) is 0 Å². The van der Waals surface area contributed by atoms with Crippen LogP contribution in [0.15, 0.2) is 46.9 Å². The Hall–Kier alpha value is -2.57. The molecule has 29 heavy (non-hydrogen) atoms. The number of hydrogen-bond acceptors (Lipinski definition) is 3. The summed E-state index contributed by atoms with van der Waals surface area (Å²) < 4.78 is 6.87. The Morgan fingerprint density at radius 3 is 2.72 bits per heavy atom. The molecule has 0 aliphatic carbocycles. The number of carbonyl (C=O) groups excluding carboxylic acids is 1. The van der Waals surface area contributed by atoms with Crippen molar-refractivity contribution in [1.82, 2.24) is 9.88 Å². The number of carbonyl (C=O) groups is 1. The maximum atomic E-state index is 12.4. The van der Waals surface area contributed by atoms with E-state index >= 15 is 0 Å². The highest BCUT2D eigenvalue weighted by molar-refractivity contribution is 9.10. The average molecular weight is 454 g/mol. The van der Waals surface area contributed by atoms with E-state index in [-0.39, 0.29) is 5.91 Å². The smallest absolute Gasteiger partial charge is 0.256 e. The molecule has 150 valence electrons. The van der Waals surface area contributed by atoms with E-state index < -0.39 is 0 Å². The minimum Gasteiger partial charge on any atom is -0.492 e. The molecule has 0 fully saturated rings. The summed E-state index contributed by atoms with van der Waals surface area (Å²) >= 11 is 3.48. The molecule has 2 aromatic carbocycles. The minimum absolute atomic E-state index is 0.0859. The van der Waals surface area contributed by atoms with E-state index in [1.165, 1.54) is 0 Å². The number of benzene rings is 2. The van der Waals surface area contributed by atoms with Gasteiger partial charge in [0.1, 0.15) is 12.4 Å². The maximum Gasteiger partial charge on any atom is 0.256 e. The summed E-state index contributed by atoms with van der Waals surface area (Å²) in [5.41, 5.74) is 4.30. The molecule has 4 rings (SSSR count). The second-order valence-corrected chi connectivity index (χ2v) is 7.97. The number of likely N-dealkylation sites (N-methyl/N-ethyl adjacent to an activating group) is 1. The van der Waals surface area contributed by atoms with Crippen LogP contribution in [0.1, 0.15) is 25.1 Å². The lowest BCUT2D eigenvalue weighted by atomic mass is 10.1. The number of aromatic amines is 1. The minimum atomic E-state index is -0.0859. The molecule has 5 nitrogen and oxygen atoms in total. The molecule has 2 N–H and O–H groups in total. The van der Waals surface area contributed by atoms with Crippen LogP contribution < -0.4 is 10.1 Å². The van der Waals surface area contributed by atoms with Gasteiger partial charge in [-0.2, -0.15) is 0 Å². The van der Waals surface area contributed by atoms with Crippen molar-refractivity contribution in [2.24, 2.45) is 0 Å². The van der Waals surface area contributed by atoms with Crippen LogP contribution in [0.2, 0.25) is 0 Å². The Morgan fingerprint density at radius 2 is 1.93 bits per heavy atom. The summed E-state index contributed by atoms with van der Waals surface area (Å²) in [5.74, 6) is 0.771. The number of hydrogen-bond donors (Lipinski definition) is 2. The van der Waals surface area contributed by atoms with Crippen molar-refractivity contribution < 1.29 is 9.53 Å². The number of H-pyrrole nitrogens is 1. The summed E-state index contributed by atoms with van der Waals surface area (Å²) in [6.45, 7) is 7.96. The van der Waals surface area contributed by atoms with Crippen molar-refractivity contribution in [3.63, 3.8) is 0 Å². The highest BCUT2D eigenvalue weighted by atomic mass is 79.9. The van der Waals surface area contributed by atoms with Gasteiger partial charge >= 0.3 is 0 Å². The third-order valence-corrected chi connectivity index (χ3v) is 5.74. The zero-order valence-corrected chi connectivity index (χ0v) is 18.2. The Labute approximate surface area is 178 Å². The number of fused-ring (bicyclic) bond motifs is 2. The predicted molar refractivity (Wildman–Crippen MR) is 122 cm³/mol. The van der Waals surface area contributed by atoms with Gasteiger partial charge in [-0.05, 0) is 61.6 Å². The molecule has 1 amide bonds. The van der Waals surface area contributed by atoms with Crippen molar-refractivity contribution in [2.75, 3.05) is 31.6 Å². The van der Waals surface area contributed by atoms with E-state index in [9.17, 15) is 4.79 Å². The summed E-state index contributed by atoms with van der Waals surface area (Å²) in [7, 11) is 0. The van der Waals surface area contributed by atoms with Crippen molar-refractivity contribution in [3.8, 4) is 5.75 Å².